The third-order valence-corrected chi connectivity index (χ3v) is 3.67. The molecule has 112 valence electrons. The van der Waals surface area contributed by atoms with Gasteiger partial charge in [0.05, 0.1) is 16.2 Å². The molecule has 11 heteroatoms. The van der Waals surface area contributed by atoms with Crippen molar-refractivity contribution in [2.24, 2.45) is 0 Å². The van der Waals surface area contributed by atoms with Crippen LogP contribution in [0.3, 0.4) is 0 Å². The Bertz CT molecular complexity index is 615. The highest BCUT2D eigenvalue weighted by atomic mass is 32.2. The van der Waals surface area contributed by atoms with Crippen LogP contribution in [0.5, 0.6) is 0 Å². The SMILES string of the molecule is Nc1cc(S(=O)(=O)NCCC(F)(F)F)ccc1[N+](=O)[O-]. The second kappa shape index (κ2) is 5.63. The van der Waals surface area contributed by atoms with E-state index in [0.29, 0.717) is 0 Å². The van der Waals surface area contributed by atoms with Gasteiger partial charge in [0.15, 0.2) is 0 Å². The fourth-order valence-electron chi connectivity index (χ4n) is 1.28. The Morgan fingerprint density at radius 3 is 2.40 bits per heavy atom. The summed E-state index contributed by atoms with van der Waals surface area (Å²) in [5, 5.41) is 10.5. The first-order chi connectivity index (χ1) is 9.03. The van der Waals surface area contributed by atoms with Gasteiger partial charge in [-0.05, 0) is 12.1 Å². The number of nitro benzene ring substituents is 1. The summed E-state index contributed by atoms with van der Waals surface area (Å²) in [6.07, 6.45) is -5.81. The van der Waals surface area contributed by atoms with E-state index in [4.69, 9.17) is 5.73 Å². The van der Waals surface area contributed by atoms with Gasteiger partial charge in [-0.1, -0.05) is 0 Å². The molecular formula is C9H10F3N3O4S. The van der Waals surface area contributed by atoms with Crippen molar-refractivity contribution >= 4 is 21.4 Å². The second-order valence-electron chi connectivity index (χ2n) is 3.74. The molecule has 1 aromatic carbocycles. The zero-order valence-corrected chi connectivity index (χ0v) is 10.7. The molecular weight excluding hydrogens is 303 g/mol. The van der Waals surface area contributed by atoms with E-state index in [-0.39, 0.29) is 0 Å². The molecule has 0 aromatic heterocycles. The van der Waals surface area contributed by atoms with Crippen LogP contribution in [0.15, 0.2) is 23.1 Å². The Morgan fingerprint density at radius 2 is 1.95 bits per heavy atom. The van der Waals surface area contributed by atoms with Crippen molar-refractivity contribution in [3.63, 3.8) is 0 Å². The van der Waals surface area contributed by atoms with Crippen molar-refractivity contribution in [2.75, 3.05) is 12.3 Å². The topological polar surface area (TPSA) is 115 Å². The number of rotatable bonds is 5. The Kier molecular flexibility index (Phi) is 4.55. The first kappa shape index (κ1) is 16.2. The minimum Gasteiger partial charge on any atom is -0.393 e. The molecule has 0 unspecified atom stereocenters. The number of halogens is 3. The van der Waals surface area contributed by atoms with Crippen molar-refractivity contribution in [1.82, 2.24) is 4.72 Å². The van der Waals surface area contributed by atoms with Gasteiger partial charge in [0, 0.05) is 12.6 Å². The summed E-state index contributed by atoms with van der Waals surface area (Å²) in [7, 11) is -4.20. The van der Waals surface area contributed by atoms with Crippen LogP contribution in [-0.2, 0) is 10.0 Å². The van der Waals surface area contributed by atoms with E-state index in [2.05, 4.69) is 0 Å². The van der Waals surface area contributed by atoms with Gasteiger partial charge in [0.2, 0.25) is 10.0 Å². The molecule has 0 atom stereocenters. The lowest BCUT2D eigenvalue weighted by molar-refractivity contribution is -0.383. The maximum atomic E-state index is 11.9. The van der Waals surface area contributed by atoms with E-state index in [1.54, 1.807) is 4.72 Å². The van der Waals surface area contributed by atoms with Crippen LogP contribution in [-0.4, -0.2) is 26.1 Å². The Balaban J connectivity index is 2.88. The van der Waals surface area contributed by atoms with Gasteiger partial charge in [-0.2, -0.15) is 13.2 Å². The summed E-state index contributed by atoms with van der Waals surface area (Å²) in [4.78, 5) is 9.26. The van der Waals surface area contributed by atoms with Crippen molar-refractivity contribution < 1.29 is 26.5 Å². The summed E-state index contributed by atoms with van der Waals surface area (Å²) >= 11 is 0. The smallest absolute Gasteiger partial charge is 0.390 e. The molecule has 1 rings (SSSR count). The molecule has 0 saturated carbocycles. The molecule has 1 aromatic rings. The second-order valence-corrected chi connectivity index (χ2v) is 5.51. The highest BCUT2D eigenvalue weighted by molar-refractivity contribution is 7.89. The standard InChI is InChI=1S/C9H10F3N3O4S/c10-9(11,12)3-4-14-20(18,19)6-1-2-8(15(16)17)7(13)5-6/h1-2,5,14H,3-4,13H2. The van der Waals surface area contributed by atoms with Gasteiger partial charge < -0.3 is 5.73 Å². The van der Waals surface area contributed by atoms with Crippen molar-refractivity contribution in [3.8, 4) is 0 Å². The lowest BCUT2D eigenvalue weighted by atomic mass is 10.3. The van der Waals surface area contributed by atoms with Crippen LogP contribution in [0.25, 0.3) is 0 Å². The monoisotopic (exact) mass is 313 g/mol. The number of nitrogens with one attached hydrogen (secondary N) is 1. The number of anilines is 1. The fraction of sp³-hybridized carbons (Fsp3) is 0.333. The van der Waals surface area contributed by atoms with Gasteiger partial charge in [-0.25, -0.2) is 13.1 Å². The van der Waals surface area contributed by atoms with Gasteiger partial charge in [-0.3, -0.25) is 10.1 Å². The van der Waals surface area contributed by atoms with Gasteiger partial charge >= 0.3 is 6.18 Å². The van der Waals surface area contributed by atoms with Crippen LogP contribution >= 0.6 is 0 Å². The van der Waals surface area contributed by atoms with E-state index < -0.39 is 50.4 Å². The lowest BCUT2D eigenvalue weighted by Gasteiger charge is -2.09. The highest BCUT2D eigenvalue weighted by Crippen LogP contribution is 2.24. The average Bonchev–Trinajstić information content (AvgIpc) is 2.26. The van der Waals surface area contributed by atoms with Crippen molar-refractivity contribution in [2.45, 2.75) is 17.5 Å². The Hall–Kier alpha value is -1.88. The number of benzene rings is 1. The molecule has 0 bridgehead atoms. The summed E-state index contributed by atoms with van der Waals surface area (Å²) in [5.74, 6) is 0. The number of sulfonamides is 1. The first-order valence-corrected chi connectivity index (χ1v) is 6.61. The summed E-state index contributed by atoms with van der Waals surface area (Å²) in [6.45, 7) is -0.831. The molecule has 20 heavy (non-hydrogen) atoms. The molecule has 0 aliphatic rings. The predicted molar refractivity (Wildman–Crippen MR) is 63.4 cm³/mol. The van der Waals surface area contributed by atoms with E-state index in [1.165, 1.54) is 0 Å². The van der Waals surface area contributed by atoms with E-state index in [1.807, 2.05) is 0 Å². The molecule has 0 aliphatic heterocycles. The molecule has 0 aliphatic carbocycles. The molecule has 0 fully saturated rings. The number of hydrogen-bond donors (Lipinski definition) is 2. The number of alkyl halides is 3. The van der Waals surface area contributed by atoms with Crippen LogP contribution in [0, 0.1) is 10.1 Å². The molecule has 0 heterocycles. The van der Waals surface area contributed by atoms with Crippen LogP contribution in [0.1, 0.15) is 6.42 Å². The van der Waals surface area contributed by atoms with Crippen molar-refractivity contribution in [3.05, 3.63) is 28.3 Å². The summed E-state index contributed by atoms with van der Waals surface area (Å²) in [6, 6.07) is 2.58. The van der Waals surface area contributed by atoms with Gasteiger partial charge in [0.25, 0.3) is 5.69 Å². The number of nitrogens with zero attached hydrogens (tertiary/aromatic N) is 1. The summed E-state index contributed by atoms with van der Waals surface area (Å²) < 4.78 is 60.8. The van der Waals surface area contributed by atoms with Gasteiger partial charge in [-0.15, -0.1) is 0 Å². The lowest BCUT2D eigenvalue weighted by Crippen LogP contribution is -2.28. The number of nitro groups is 1. The average molecular weight is 313 g/mol. The van der Waals surface area contributed by atoms with E-state index in [0.717, 1.165) is 18.2 Å². The van der Waals surface area contributed by atoms with E-state index in [9.17, 15) is 31.7 Å². The number of nitrogens with two attached hydrogens (primary N) is 1. The quantitative estimate of drug-likeness (QED) is 0.484. The fourth-order valence-corrected chi connectivity index (χ4v) is 2.34. The van der Waals surface area contributed by atoms with Crippen molar-refractivity contribution in [1.29, 1.82) is 0 Å². The van der Waals surface area contributed by atoms with Crippen LogP contribution in [0.4, 0.5) is 24.5 Å². The number of hydrogen-bond acceptors (Lipinski definition) is 5. The zero-order chi connectivity index (χ0) is 15.6. The van der Waals surface area contributed by atoms with Gasteiger partial charge in [0.1, 0.15) is 5.69 Å². The third-order valence-electron chi connectivity index (χ3n) is 2.21. The minimum absolute atomic E-state index is 0.395. The highest BCUT2D eigenvalue weighted by Gasteiger charge is 2.28. The van der Waals surface area contributed by atoms with E-state index >= 15 is 0 Å². The largest absolute Gasteiger partial charge is 0.393 e. The summed E-state index contributed by atoms with van der Waals surface area (Å²) in [5.41, 5.74) is 4.42. The molecule has 0 radical (unpaired) electrons. The molecule has 0 amide bonds. The molecule has 7 nitrogen and oxygen atoms in total. The predicted octanol–water partition coefficient (Wildman–Crippen LogP) is 1.41. The Morgan fingerprint density at radius 1 is 1.35 bits per heavy atom. The Labute approximate surface area is 111 Å². The normalized spacial score (nSPS) is 12.3. The van der Waals surface area contributed by atoms with Crippen LogP contribution in [0.2, 0.25) is 0 Å². The zero-order valence-electron chi connectivity index (χ0n) is 9.85. The van der Waals surface area contributed by atoms with Crippen LogP contribution < -0.4 is 10.5 Å². The molecule has 0 spiro atoms. The molecule has 3 N–H and O–H groups in total. The first-order valence-electron chi connectivity index (χ1n) is 5.13. The number of nitrogen functional groups attached to an aromatic ring is 1. The third kappa shape index (κ3) is 4.35. The maximum absolute atomic E-state index is 11.9. The maximum Gasteiger partial charge on any atom is 0.390 e. The minimum atomic E-state index is -4.49. The molecule has 0 saturated heterocycles.